The SMILES string of the molecule is Cc1cc2ccccc2c(-c2ccc(F)c(C#N)c2)c1[C@H](OC(C)(C)C)C(=O)O. The molecule has 4 nitrogen and oxygen atoms in total. The van der Waals surface area contributed by atoms with Crippen molar-refractivity contribution >= 4 is 16.7 Å². The lowest BCUT2D eigenvalue weighted by atomic mass is 9.86. The van der Waals surface area contributed by atoms with Crippen molar-refractivity contribution < 1.29 is 19.0 Å². The lowest BCUT2D eigenvalue weighted by molar-refractivity contribution is -0.160. The van der Waals surface area contributed by atoms with Gasteiger partial charge in [0.15, 0.2) is 6.10 Å². The second-order valence-corrected chi connectivity index (χ2v) is 7.96. The van der Waals surface area contributed by atoms with Crippen LogP contribution in [-0.2, 0) is 9.53 Å². The van der Waals surface area contributed by atoms with Gasteiger partial charge in [0.1, 0.15) is 11.9 Å². The molecule has 0 aliphatic heterocycles. The van der Waals surface area contributed by atoms with Crippen LogP contribution in [0.2, 0.25) is 0 Å². The Kier molecular flexibility index (Phi) is 5.41. The highest BCUT2D eigenvalue weighted by atomic mass is 19.1. The third-order valence-electron chi connectivity index (χ3n) is 4.63. The third-order valence-corrected chi connectivity index (χ3v) is 4.63. The molecule has 0 spiro atoms. The Bertz CT molecular complexity index is 1140. The summed E-state index contributed by atoms with van der Waals surface area (Å²) < 4.78 is 19.9. The van der Waals surface area contributed by atoms with Gasteiger partial charge in [-0.05, 0) is 67.3 Å². The predicted molar refractivity (Wildman–Crippen MR) is 110 cm³/mol. The first-order chi connectivity index (χ1) is 13.6. The van der Waals surface area contributed by atoms with E-state index in [2.05, 4.69) is 0 Å². The summed E-state index contributed by atoms with van der Waals surface area (Å²) in [5.41, 5.74) is 1.66. The molecule has 0 aromatic heterocycles. The summed E-state index contributed by atoms with van der Waals surface area (Å²) in [6.07, 6.45) is -1.22. The van der Waals surface area contributed by atoms with Crippen molar-refractivity contribution in [1.29, 1.82) is 5.26 Å². The average molecular weight is 391 g/mol. The molecule has 5 heteroatoms. The van der Waals surface area contributed by atoms with Crippen LogP contribution in [-0.4, -0.2) is 16.7 Å². The Labute approximate surface area is 169 Å². The maximum absolute atomic E-state index is 13.9. The molecule has 0 aliphatic carbocycles. The fourth-order valence-corrected chi connectivity index (χ4v) is 3.51. The van der Waals surface area contributed by atoms with Gasteiger partial charge in [0.2, 0.25) is 0 Å². The molecule has 29 heavy (non-hydrogen) atoms. The zero-order valence-corrected chi connectivity index (χ0v) is 16.8. The zero-order chi connectivity index (χ0) is 21.3. The van der Waals surface area contributed by atoms with Gasteiger partial charge in [0, 0.05) is 5.56 Å². The highest BCUT2D eigenvalue weighted by molar-refractivity contribution is 6.01. The monoisotopic (exact) mass is 391 g/mol. The largest absolute Gasteiger partial charge is 0.479 e. The number of nitrogens with zero attached hydrogens (tertiary/aromatic N) is 1. The molecule has 0 saturated carbocycles. The third kappa shape index (κ3) is 4.13. The minimum absolute atomic E-state index is 0.0948. The summed E-state index contributed by atoms with van der Waals surface area (Å²) in [5, 5.41) is 21.0. The molecule has 3 rings (SSSR count). The molecule has 0 saturated heterocycles. The van der Waals surface area contributed by atoms with Gasteiger partial charge in [-0.1, -0.05) is 36.4 Å². The number of fused-ring (bicyclic) bond motifs is 1. The van der Waals surface area contributed by atoms with Gasteiger partial charge in [-0.15, -0.1) is 0 Å². The maximum atomic E-state index is 13.9. The molecule has 0 heterocycles. The molecule has 0 amide bonds. The van der Waals surface area contributed by atoms with Crippen LogP contribution in [0, 0.1) is 24.1 Å². The summed E-state index contributed by atoms with van der Waals surface area (Å²) in [4.78, 5) is 12.2. The van der Waals surface area contributed by atoms with Crippen molar-refractivity contribution in [3.8, 4) is 17.2 Å². The van der Waals surface area contributed by atoms with Crippen LogP contribution in [0.5, 0.6) is 0 Å². The number of carboxylic acid groups (broad SMARTS) is 1. The Balaban J connectivity index is 2.42. The number of aliphatic carboxylic acids is 1. The van der Waals surface area contributed by atoms with Crippen molar-refractivity contribution in [3.05, 3.63) is 71.0 Å². The Hall–Kier alpha value is -3.23. The van der Waals surface area contributed by atoms with Gasteiger partial charge in [-0.2, -0.15) is 5.26 Å². The molecule has 0 radical (unpaired) electrons. The number of carbonyl (C=O) groups is 1. The number of hydrogen-bond donors (Lipinski definition) is 1. The summed E-state index contributed by atoms with van der Waals surface area (Å²) in [7, 11) is 0. The minimum atomic E-state index is -1.22. The van der Waals surface area contributed by atoms with Crippen LogP contribution in [0.4, 0.5) is 4.39 Å². The maximum Gasteiger partial charge on any atom is 0.337 e. The van der Waals surface area contributed by atoms with Gasteiger partial charge >= 0.3 is 5.97 Å². The molecule has 148 valence electrons. The van der Waals surface area contributed by atoms with Crippen molar-refractivity contribution in [2.24, 2.45) is 0 Å². The molecule has 3 aromatic carbocycles. The van der Waals surface area contributed by atoms with E-state index in [1.54, 1.807) is 26.8 Å². The number of hydrogen-bond acceptors (Lipinski definition) is 3. The number of aryl methyl sites for hydroxylation is 1. The topological polar surface area (TPSA) is 70.3 Å². The highest BCUT2D eigenvalue weighted by Gasteiger charge is 2.31. The number of carboxylic acids is 1. The summed E-state index contributed by atoms with van der Waals surface area (Å²) in [6, 6.07) is 15.6. The number of benzene rings is 3. The molecule has 0 fully saturated rings. The molecule has 1 atom stereocenters. The van der Waals surface area contributed by atoms with Crippen molar-refractivity contribution in [2.75, 3.05) is 0 Å². The van der Waals surface area contributed by atoms with E-state index in [9.17, 15) is 19.6 Å². The van der Waals surface area contributed by atoms with E-state index in [1.807, 2.05) is 43.3 Å². The first-order valence-corrected chi connectivity index (χ1v) is 9.25. The van der Waals surface area contributed by atoms with Gasteiger partial charge in [-0.25, -0.2) is 9.18 Å². The molecular weight excluding hydrogens is 369 g/mol. The molecule has 0 bridgehead atoms. The van der Waals surface area contributed by atoms with Gasteiger partial charge in [0.25, 0.3) is 0 Å². The van der Waals surface area contributed by atoms with E-state index >= 15 is 0 Å². The molecule has 3 aromatic rings. The van der Waals surface area contributed by atoms with E-state index < -0.39 is 23.5 Å². The number of nitriles is 1. The standard InChI is InChI=1S/C24H22FNO3/c1-14-11-15-7-5-6-8-18(15)21(16-9-10-19(25)17(12-16)13-26)20(14)22(23(27)28)29-24(2,3)4/h5-12,22H,1-4H3,(H,27,28)/t22-/m0/s1. The van der Waals surface area contributed by atoms with E-state index in [0.717, 1.165) is 16.3 Å². The minimum Gasteiger partial charge on any atom is -0.479 e. The Morgan fingerprint density at radius 3 is 2.48 bits per heavy atom. The first-order valence-electron chi connectivity index (χ1n) is 9.25. The number of halogens is 1. The van der Waals surface area contributed by atoms with Crippen LogP contribution < -0.4 is 0 Å². The Morgan fingerprint density at radius 1 is 1.17 bits per heavy atom. The summed E-state index contributed by atoms with van der Waals surface area (Å²) in [5.74, 6) is -1.72. The summed E-state index contributed by atoms with van der Waals surface area (Å²) in [6.45, 7) is 7.22. The smallest absolute Gasteiger partial charge is 0.337 e. The zero-order valence-electron chi connectivity index (χ0n) is 16.8. The fourth-order valence-electron chi connectivity index (χ4n) is 3.51. The second-order valence-electron chi connectivity index (χ2n) is 7.96. The average Bonchev–Trinajstić information content (AvgIpc) is 2.65. The molecular formula is C24H22FNO3. The fraction of sp³-hybridized carbons (Fsp3) is 0.250. The van der Waals surface area contributed by atoms with E-state index in [0.29, 0.717) is 16.7 Å². The van der Waals surface area contributed by atoms with E-state index in [-0.39, 0.29) is 5.56 Å². The normalized spacial score (nSPS) is 12.6. The van der Waals surface area contributed by atoms with Gasteiger partial charge < -0.3 is 9.84 Å². The van der Waals surface area contributed by atoms with E-state index in [4.69, 9.17) is 4.74 Å². The second kappa shape index (κ2) is 7.65. The van der Waals surface area contributed by atoms with Crippen molar-refractivity contribution in [3.63, 3.8) is 0 Å². The van der Waals surface area contributed by atoms with Crippen molar-refractivity contribution in [2.45, 2.75) is 39.4 Å². The van der Waals surface area contributed by atoms with E-state index in [1.165, 1.54) is 12.1 Å². The number of ether oxygens (including phenoxy) is 1. The van der Waals surface area contributed by atoms with Crippen LogP contribution in [0.1, 0.15) is 43.6 Å². The summed E-state index contributed by atoms with van der Waals surface area (Å²) >= 11 is 0. The molecule has 1 N–H and O–H groups in total. The van der Waals surface area contributed by atoms with Crippen LogP contribution in [0.25, 0.3) is 21.9 Å². The van der Waals surface area contributed by atoms with Crippen molar-refractivity contribution in [1.82, 2.24) is 0 Å². The Morgan fingerprint density at radius 2 is 1.86 bits per heavy atom. The van der Waals surface area contributed by atoms with Gasteiger partial charge in [-0.3, -0.25) is 0 Å². The lowest BCUT2D eigenvalue weighted by Crippen LogP contribution is -2.28. The van der Waals surface area contributed by atoms with Gasteiger partial charge in [0.05, 0.1) is 11.2 Å². The lowest BCUT2D eigenvalue weighted by Gasteiger charge is -2.28. The molecule has 0 unspecified atom stereocenters. The predicted octanol–water partition coefficient (Wildman–Crippen LogP) is 5.77. The van der Waals surface area contributed by atoms with Crippen LogP contribution in [0.3, 0.4) is 0 Å². The highest BCUT2D eigenvalue weighted by Crippen LogP contribution is 2.40. The quantitative estimate of drug-likeness (QED) is 0.613. The van der Waals surface area contributed by atoms with Crippen LogP contribution >= 0.6 is 0 Å². The number of rotatable bonds is 4. The van der Waals surface area contributed by atoms with Crippen LogP contribution in [0.15, 0.2) is 48.5 Å². The molecule has 0 aliphatic rings. The first kappa shape index (κ1) is 20.5.